The summed E-state index contributed by atoms with van der Waals surface area (Å²) in [6, 6.07) is 0. The second-order valence-electron chi connectivity index (χ2n) is 5.61. The van der Waals surface area contributed by atoms with Crippen molar-refractivity contribution in [2.75, 3.05) is 0 Å². The van der Waals surface area contributed by atoms with Crippen molar-refractivity contribution >= 4 is 29.6 Å². The number of halogens is 2. The Hall–Kier alpha value is 0.797. The normalized spacial score (nSPS) is 52.4. The fourth-order valence-corrected chi connectivity index (χ4v) is 8.96. The number of hydrogen-bond acceptors (Lipinski definition) is 0. The molecule has 76 valence electrons. The minimum atomic E-state index is -1.47. The Morgan fingerprint density at radius 1 is 1.23 bits per heavy atom. The zero-order valence-electron chi connectivity index (χ0n) is 8.77. The van der Waals surface area contributed by atoms with E-state index in [2.05, 4.69) is 27.7 Å². The molecule has 4 atom stereocenters. The minimum absolute atomic E-state index is 0.429. The first-order valence-electron chi connectivity index (χ1n) is 5.11. The van der Waals surface area contributed by atoms with Crippen LogP contribution in [0.1, 0.15) is 34.1 Å². The largest absolute Gasteiger partial charge is 0.240 e. The lowest BCUT2D eigenvalue weighted by Gasteiger charge is -2.61. The molecule has 3 aliphatic rings. The molecule has 0 radical (unpaired) electrons. The van der Waals surface area contributed by atoms with Crippen LogP contribution in [0.4, 0.5) is 0 Å². The van der Waals surface area contributed by atoms with Gasteiger partial charge in [0, 0.05) is 0 Å². The van der Waals surface area contributed by atoms with Gasteiger partial charge in [0.2, 0.25) is 7.42 Å². The Kier molecular flexibility index (Phi) is 2.12. The maximum absolute atomic E-state index is 6.20. The molecule has 0 N–H and O–H groups in total. The van der Waals surface area contributed by atoms with Gasteiger partial charge in [-0.25, -0.2) is 0 Å². The first-order valence-corrected chi connectivity index (χ1v) is 9.27. The predicted octanol–water partition coefficient (Wildman–Crippen LogP) is 3.76. The highest BCUT2D eigenvalue weighted by atomic mass is 35.7. The summed E-state index contributed by atoms with van der Waals surface area (Å²) < 4.78 is 0. The van der Waals surface area contributed by atoms with Crippen molar-refractivity contribution in [3.8, 4) is 0 Å². The topological polar surface area (TPSA) is 0 Å². The Labute approximate surface area is 92.0 Å². The van der Waals surface area contributed by atoms with Gasteiger partial charge in [-0.15, -0.1) is 0 Å². The second-order valence-corrected chi connectivity index (χ2v) is 10.5. The first kappa shape index (κ1) is 10.3. The average Bonchev–Trinajstić information content (AvgIpc) is 2.35. The third-order valence-corrected chi connectivity index (χ3v) is 8.67. The van der Waals surface area contributed by atoms with Crippen molar-refractivity contribution in [3.05, 3.63) is 0 Å². The van der Waals surface area contributed by atoms with E-state index < -0.39 is 7.42 Å². The van der Waals surface area contributed by atoms with Crippen LogP contribution in [0.5, 0.6) is 0 Å². The summed E-state index contributed by atoms with van der Waals surface area (Å²) in [5, 5.41) is 0. The van der Waals surface area contributed by atoms with Crippen LogP contribution in [-0.2, 0) is 0 Å². The number of hydrogen-bond donors (Lipinski definition) is 0. The fraction of sp³-hybridized carbons (Fsp3) is 1.00. The Bertz CT molecular complexity index is 239. The highest BCUT2D eigenvalue weighted by Crippen LogP contribution is 2.80. The lowest BCUT2D eigenvalue weighted by Crippen LogP contribution is -2.55. The summed E-state index contributed by atoms with van der Waals surface area (Å²) >= 11 is 12.4. The SMILES string of the molecule is CC1CC2C([SiH](Cl)Cl)C1(C)C2(C)C. The summed E-state index contributed by atoms with van der Waals surface area (Å²) in [4.78, 5) is 0. The highest BCUT2D eigenvalue weighted by molar-refractivity contribution is 7.34. The number of rotatable bonds is 1. The third-order valence-electron chi connectivity index (χ3n) is 5.34. The molecule has 0 aromatic carbocycles. The Morgan fingerprint density at radius 2 is 1.77 bits per heavy atom. The quantitative estimate of drug-likeness (QED) is 0.481. The van der Waals surface area contributed by atoms with E-state index in [9.17, 15) is 0 Å². The van der Waals surface area contributed by atoms with Crippen molar-refractivity contribution < 1.29 is 0 Å². The van der Waals surface area contributed by atoms with Gasteiger partial charge in [0.15, 0.2) is 0 Å². The highest BCUT2D eigenvalue weighted by Gasteiger charge is 2.73. The van der Waals surface area contributed by atoms with Crippen LogP contribution in [0.25, 0.3) is 0 Å². The van der Waals surface area contributed by atoms with Crippen LogP contribution >= 0.6 is 22.2 Å². The zero-order chi connectivity index (χ0) is 10.0. The summed E-state index contributed by atoms with van der Waals surface area (Å²) in [6.07, 6.45) is 1.34. The average molecular weight is 237 g/mol. The van der Waals surface area contributed by atoms with E-state index in [1.54, 1.807) is 0 Å². The van der Waals surface area contributed by atoms with Crippen LogP contribution < -0.4 is 0 Å². The van der Waals surface area contributed by atoms with E-state index in [0.717, 1.165) is 11.8 Å². The minimum Gasteiger partial charge on any atom is -0.150 e. The second kappa shape index (κ2) is 2.68. The van der Waals surface area contributed by atoms with E-state index in [4.69, 9.17) is 22.2 Å². The van der Waals surface area contributed by atoms with Gasteiger partial charge in [0.1, 0.15) is 0 Å². The van der Waals surface area contributed by atoms with Crippen molar-refractivity contribution in [3.63, 3.8) is 0 Å². The molecule has 3 aliphatic carbocycles. The summed E-state index contributed by atoms with van der Waals surface area (Å²) in [5.74, 6) is 1.61. The lowest BCUT2D eigenvalue weighted by molar-refractivity contribution is -0.0550. The molecule has 0 heterocycles. The zero-order valence-corrected chi connectivity index (χ0v) is 11.4. The van der Waals surface area contributed by atoms with E-state index in [0.29, 0.717) is 16.4 Å². The molecule has 3 saturated carbocycles. The summed E-state index contributed by atoms with van der Waals surface area (Å²) in [5.41, 5.74) is 1.57. The molecule has 3 fully saturated rings. The van der Waals surface area contributed by atoms with E-state index in [-0.39, 0.29) is 0 Å². The van der Waals surface area contributed by atoms with Crippen molar-refractivity contribution in [2.45, 2.75) is 39.7 Å². The molecule has 0 spiro atoms. The fourth-order valence-electron chi connectivity index (χ4n) is 4.07. The molecule has 2 bridgehead atoms. The van der Waals surface area contributed by atoms with Gasteiger partial charge in [-0.05, 0) is 34.6 Å². The van der Waals surface area contributed by atoms with Crippen molar-refractivity contribution in [1.29, 1.82) is 0 Å². The van der Waals surface area contributed by atoms with E-state index in [1.807, 2.05) is 0 Å². The molecule has 0 nitrogen and oxygen atoms in total. The molecule has 4 unspecified atom stereocenters. The summed E-state index contributed by atoms with van der Waals surface area (Å²) in [6.45, 7) is 9.55. The lowest BCUT2D eigenvalue weighted by atomic mass is 9.50. The molecule has 0 aromatic rings. The van der Waals surface area contributed by atoms with Gasteiger partial charge in [0.25, 0.3) is 0 Å². The predicted molar refractivity (Wildman–Crippen MR) is 61.8 cm³/mol. The molecule has 0 saturated heterocycles. The molecule has 3 heteroatoms. The van der Waals surface area contributed by atoms with Crippen LogP contribution in [0.3, 0.4) is 0 Å². The standard InChI is InChI=1S/C10H18Cl2Si/c1-6-5-7-8(13(11)12)10(6,4)9(7,2)3/h6-8,13H,5H2,1-4H3. The van der Waals surface area contributed by atoms with E-state index in [1.165, 1.54) is 6.42 Å². The third kappa shape index (κ3) is 0.942. The molecule has 13 heavy (non-hydrogen) atoms. The maximum atomic E-state index is 6.20. The molecule has 0 aromatic heterocycles. The van der Waals surface area contributed by atoms with Crippen LogP contribution in [0, 0.1) is 22.7 Å². The molecule has 0 aliphatic heterocycles. The molecule has 0 amide bonds. The van der Waals surface area contributed by atoms with Crippen LogP contribution in [0.2, 0.25) is 5.54 Å². The smallest absolute Gasteiger partial charge is 0.150 e. The molecular formula is C10H18Cl2Si. The summed E-state index contributed by atoms with van der Waals surface area (Å²) in [7, 11) is -1.47. The van der Waals surface area contributed by atoms with Gasteiger partial charge in [-0.1, -0.05) is 27.7 Å². The van der Waals surface area contributed by atoms with Crippen LogP contribution in [-0.4, -0.2) is 7.42 Å². The van der Waals surface area contributed by atoms with Gasteiger partial charge < -0.3 is 0 Å². The van der Waals surface area contributed by atoms with Crippen molar-refractivity contribution in [1.82, 2.24) is 0 Å². The van der Waals surface area contributed by atoms with Gasteiger partial charge in [-0.3, -0.25) is 0 Å². The van der Waals surface area contributed by atoms with Crippen LogP contribution in [0.15, 0.2) is 0 Å². The molecular weight excluding hydrogens is 219 g/mol. The Balaban J connectivity index is 2.34. The van der Waals surface area contributed by atoms with Gasteiger partial charge in [-0.2, -0.15) is 22.2 Å². The van der Waals surface area contributed by atoms with Gasteiger partial charge in [0.05, 0.1) is 0 Å². The Morgan fingerprint density at radius 3 is 1.92 bits per heavy atom. The maximum Gasteiger partial charge on any atom is 0.240 e. The monoisotopic (exact) mass is 236 g/mol. The van der Waals surface area contributed by atoms with Crippen molar-refractivity contribution in [2.24, 2.45) is 22.7 Å². The number of fused-ring (bicyclic) bond motifs is 1. The molecule has 3 rings (SSSR count). The first-order chi connectivity index (χ1) is 5.83. The van der Waals surface area contributed by atoms with Gasteiger partial charge >= 0.3 is 0 Å². The van der Waals surface area contributed by atoms with E-state index >= 15 is 0 Å².